The lowest BCUT2D eigenvalue weighted by molar-refractivity contribution is -0.127. The van der Waals surface area contributed by atoms with Crippen molar-refractivity contribution in [3.05, 3.63) is 35.4 Å². The Bertz CT molecular complexity index is 623. The third-order valence-corrected chi connectivity index (χ3v) is 5.73. The van der Waals surface area contributed by atoms with Gasteiger partial charge in [0.2, 0.25) is 11.8 Å². The van der Waals surface area contributed by atoms with Crippen LogP contribution in [0.3, 0.4) is 0 Å². The number of carbonyl (C=O) groups is 2. The van der Waals surface area contributed by atoms with Gasteiger partial charge in [-0.25, -0.2) is 0 Å². The molecule has 1 aromatic carbocycles. The van der Waals surface area contributed by atoms with E-state index in [0.29, 0.717) is 5.92 Å². The van der Waals surface area contributed by atoms with Gasteiger partial charge < -0.3 is 16.0 Å². The number of fused-ring (bicyclic) bond motifs is 1. The predicted octanol–water partition coefficient (Wildman–Crippen LogP) is 2.15. The number of rotatable bonds is 6. The molecule has 1 atom stereocenters. The van der Waals surface area contributed by atoms with E-state index < -0.39 is 0 Å². The van der Waals surface area contributed by atoms with E-state index in [-0.39, 0.29) is 23.8 Å². The number of amides is 2. The average Bonchev–Trinajstić information content (AvgIpc) is 2.70. The Labute approximate surface area is 156 Å². The van der Waals surface area contributed by atoms with Gasteiger partial charge in [-0.3, -0.25) is 9.59 Å². The zero-order valence-electron chi connectivity index (χ0n) is 15.7. The van der Waals surface area contributed by atoms with Gasteiger partial charge >= 0.3 is 0 Å². The Morgan fingerprint density at radius 3 is 2.50 bits per heavy atom. The second kappa shape index (κ2) is 9.17. The lowest BCUT2D eigenvalue weighted by Gasteiger charge is -2.29. The normalized spacial score (nSPS) is 25.2. The third kappa shape index (κ3) is 4.85. The van der Waals surface area contributed by atoms with Gasteiger partial charge in [0.05, 0.1) is 6.04 Å². The SMILES string of the molecule is CCCNC(=O)C1CCC(CNC(=O)[C@@H]2Cc3ccccc3CN2)CC1. The van der Waals surface area contributed by atoms with Crippen LogP contribution < -0.4 is 16.0 Å². The summed E-state index contributed by atoms with van der Waals surface area (Å²) in [5.74, 6) is 0.955. The molecule has 3 rings (SSSR count). The van der Waals surface area contributed by atoms with E-state index >= 15 is 0 Å². The van der Waals surface area contributed by atoms with Crippen LogP contribution in [0.25, 0.3) is 0 Å². The minimum absolute atomic E-state index is 0.0994. The summed E-state index contributed by atoms with van der Waals surface area (Å²) in [4.78, 5) is 24.6. The standard InChI is InChI=1S/C21H31N3O2/c1-2-11-22-20(25)16-9-7-15(8-10-16)13-24-21(26)19-12-17-5-3-4-6-18(17)14-23-19/h3-6,15-16,19,23H,2,7-14H2,1H3,(H,22,25)(H,24,26)/t15?,16?,19-/m0/s1. The monoisotopic (exact) mass is 357 g/mol. The highest BCUT2D eigenvalue weighted by atomic mass is 16.2. The number of carbonyl (C=O) groups excluding carboxylic acids is 2. The highest BCUT2D eigenvalue weighted by Gasteiger charge is 2.28. The summed E-state index contributed by atoms with van der Waals surface area (Å²) >= 11 is 0. The molecule has 1 fully saturated rings. The van der Waals surface area contributed by atoms with Crippen LogP contribution >= 0.6 is 0 Å². The molecule has 0 spiro atoms. The highest BCUT2D eigenvalue weighted by molar-refractivity contribution is 5.82. The Hall–Kier alpha value is -1.88. The molecule has 0 aromatic heterocycles. The fraction of sp³-hybridized carbons (Fsp3) is 0.619. The molecule has 3 N–H and O–H groups in total. The molecule has 1 heterocycles. The lowest BCUT2D eigenvalue weighted by atomic mass is 9.81. The Morgan fingerprint density at radius 2 is 1.77 bits per heavy atom. The summed E-state index contributed by atoms with van der Waals surface area (Å²) in [6.07, 6.45) is 5.65. The largest absolute Gasteiger partial charge is 0.356 e. The second-order valence-corrected chi connectivity index (χ2v) is 7.66. The van der Waals surface area contributed by atoms with Gasteiger partial charge in [0.15, 0.2) is 0 Å². The molecule has 26 heavy (non-hydrogen) atoms. The van der Waals surface area contributed by atoms with E-state index in [0.717, 1.165) is 58.2 Å². The molecule has 1 saturated carbocycles. The minimum atomic E-state index is -0.138. The van der Waals surface area contributed by atoms with Crippen molar-refractivity contribution in [3.8, 4) is 0 Å². The van der Waals surface area contributed by atoms with Crippen molar-refractivity contribution in [2.75, 3.05) is 13.1 Å². The molecule has 5 nitrogen and oxygen atoms in total. The Kier molecular flexibility index (Phi) is 6.67. The molecule has 1 aliphatic heterocycles. The van der Waals surface area contributed by atoms with Crippen molar-refractivity contribution >= 4 is 11.8 Å². The van der Waals surface area contributed by atoms with Crippen LogP contribution in [0.5, 0.6) is 0 Å². The third-order valence-electron chi connectivity index (χ3n) is 5.73. The van der Waals surface area contributed by atoms with Gasteiger partial charge in [-0.1, -0.05) is 31.2 Å². The van der Waals surface area contributed by atoms with Crippen molar-refractivity contribution < 1.29 is 9.59 Å². The van der Waals surface area contributed by atoms with E-state index in [2.05, 4.69) is 35.0 Å². The van der Waals surface area contributed by atoms with Crippen LogP contribution in [-0.2, 0) is 22.6 Å². The highest BCUT2D eigenvalue weighted by Crippen LogP contribution is 2.28. The van der Waals surface area contributed by atoms with Crippen molar-refractivity contribution in [3.63, 3.8) is 0 Å². The topological polar surface area (TPSA) is 70.2 Å². The van der Waals surface area contributed by atoms with Crippen molar-refractivity contribution in [2.24, 2.45) is 11.8 Å². The van der Waals surface area contributed by atoms with Gasteiger partial charge in [-0.2, -0.15) is 0 Å². The number of benzene rings is 1. The van der Waals surface area contributed by atoms with Gasteiger partial charge in [-0.15, -0.1) is 0 Å². The van der Waals surface area contributed by atoms with Gasteiger partial charge in [0.1, 0.15) is 0 Å². The summed E-state index contributed by atoms with van der Waals surface area (Å²) in [6, 6.07) is 8.17. The van der Waals surface area contributed by atoms with Crippen LogP contribution in [-0.4, -0.2) is 30.9 Å². The summed E-state index contributed by atoms with van der Waals surface area (Å²) in [5, 5.41) is 9.47. The van der Waals surface area contributed by atoms with Crippen molar-refractivity contribution in [1.82, 2.24) is 16.0 Å². The first-order valence-corrected chi connectivity index (χ1v) is 10.0. The molecule has 0 bridgehead atoms. The zero-order valence-corrected chi connectivity index (χ0v) is 15.7. The first-order chi connectivity index (χ1) is 12.7. The number of hydrogen-bond acceptors (Lipinski definition) is 3. The number of hydrogen-bond donors (Lipinski definition) is 3. The van der Waals surface area contributed by atoms with Crippen molar-refractivity contribution in [2.45, 2.75) is 58.0 Å². The smallest absolute Gasteiger partial charge is 0.237 e. The number of nitrogens with one attached hydrogen (secondary N) is 3. The molecule has 1 aliphatic carbocycles. The Morgan fingerprint density at radius 1 is 1.04 bits per heavy atom. The maximum atomic E-state index is 12.5. The maximum absolute atomic E-state index is 12.5. The van der Waals surface area contributed by atoms with E-state index in [9.17, 15) is 9.59 Å². The summed E-state index contributed by atoms with van der Waals surface area (Å²) in [6.45, 7) is 4.32. The van der Waals surface area contributed by atoms with Gasteiger partial charge in [-0.05, 0) is 55.6 Å². The van der Waals surface area contributed by atoms with E-state index in [1.807, 2.05) is 12.1 Å². The molecule has 0 unspecified atom stereocenters. The molecule has 1 aromatic rings. The van der Waals surface area contributed by atoms with Crippen molar-refractivity contribution in [1.29, 1.82) is 0 Å². The van der Waals surface area contributed by atoms with Crippen LogP contribution in [0.15, 0.2) is 24.3 Å². The first-order valence-electron chi connectivity index (χ1n) is 10.0. The van der Waals surface area contributed by atoms with Crippen LogP contribution in [0.4, 0.5) is 0 Å². The molecule has 2 amide bonds. The summed E-state index contributed by atoms with van der Waals surface area (Å²) in [5.41, 5.74) is 2.56. The van der Waals surface area contributed by atoms with Crippen LogP contribution in [0.1, 0.15) is 50.2 Å². The zero-order chi connectivity index (χ0) is 18.4. The molecule has 142 valence electrons. The lowest BCUT2D eigenvalue weighted by Crippen LogP contribution is -2.48. The molecule has 2 aliphatic rings. The molecular formula is C21H31N3O2. The predicted molar refractivity (Wildman–Crippen MR) is 103 cm³/mol. The maximum Gasteiger partial charge on any atom is 0.237 e. The molecular weight excluding hydrogens is 326 g/mol. The molecule has 5 heteroatoms. The van der Waals surface area contributed by atoms with E-state index in [1.54, 1.807) is 0 Å². The Balaban J connectivity index is 1.39. The quantitative estimate of drug-likeness (QED) is 0.731. The minimum Gasteiger partial charge on any atom is -0.356 e. The average molecular weight is 357 g/mol. The fourth-order valence-electron chi connectivity index (χ4n) is 4.03. The van der Waals surface area contributed by atoms with Crippen LogP contribution in [0, 0.1) is 11.8 Å². The molecule has 0 radical (unpaired) electrons. The van der Waals surface area contributed by atoms with E-state index in [1.165, 1.54) is 11.1 Å². The van der Waals surface area contributed by atoms with E-state index in [4.69, 9.17) is 0 Å². The van der Waals surface area contributed by atoms with Gasteiger partial charge in [0, 0.05) is 25.6 Å². The summed E-state index contributed by atoms with van der Waals surface area (Å²) in [7, 11) is 0. The van der Waals surface area contributed by atoms with Crippen LogP contribution in [0.2, 0.25) is 0 Å². The fourth-order valence-corrected chi connectivity index (χ4v) is 4.03. The first kappa shape index (κ1) is 18.9. The second-order valence-electron chi connectivity index (χ2n) is 7.66. The molecule has 0 saturated heterocycles. The van der Waals surface area contributed by atoms with Gasteiger partial charge in [0.25, 0.3) is 0 Å². The summed E-state index contributed by atoms with van der Waals surface area (Å²) < 4.78 is 0.